The molecule has 3 aromatic rings. The molecule has 0 spiro atoms. The standard InChI is InChI=1S/C23H15BrF3NO3/c24-14-7-5-12(6-8-14)21-20(23(30)31)15-3-1-2-4-16(15)22(29)28(21)11-13-9-18(26)19(27)10-17(13)25/h1-10,20-21H,11H2,(H,30,31). The predicted molar refractivity (Wildman–Crippen MR) is 110 cm³/mol. The van der Waals surface area contributed by atoms with Crippen molar-refractivity contribution in [1.29, 1.82) is 0 Å². The van der Waals surface area contributed by atoms with Crippen molar-refractivity contribution < 1.29 is 27.9 Å². The van der Waals surface area contributed by atoms with Gasteiger partial charge in [-0.2, -0.15) is 0 Å². The summed E-state index contributed by atoms with van der Waals surface area (Å²) in [6.45, 7) is -0.430. The maximum atomic E-state index is 14.4. The third-order valence-electron chi connectivity index (χ3n) is 5.35. The average Bonchev–Trinajstić information content (AvgIpc) is 2.74. The third kappa shape index (κ3) is 3.83. The molecule has 0 saturated carbocycles. The van der Waals surface area contributed by atoms with Gasteiger partial charge < -0.3 is 10.0 Å². The maximum absolute atomic E-state index is 14.4. The van der Waals surface area contributed by atoms with Gasteiger partial charge in [0.05, 0.1) is 6.04 Å². The Morgan fingerprint density at radius 3 is 2.29 bits per heavy atom. The molecule has 1 aliphatic rings. The van der Waals surface area contributed by atoms with E-state index in [4.69, 9.17) is 0 Å². The Hall–Kier alpha value is -3.13. The molecule has 0 fully saturated rings. The zero-order chi connectivity index (χ0) is 22.3. The van der Waals surface area contributed by atoms with Crippen LogP contribution in [-0.2, 0) is 11.3 Å². The summed E-state index contributed by atoms with van der Waals surface area (Å²) in [5.41, 5.74) is 0.778. The number of carboxylic acid groups (broad SMARTS) is 1. The van der Waals surface area contributed by atoms with Crippen molar-refractivity contribution in [3.63, 3.8) is 0 Å². The van der Waals surface area contributed by atoms with Gasteiger partial charge in [0.1, 0.15) is 11.7 Å². The number of carboxylic acids is 1. The number of nitrogens with zero attached hydrogens (tertiary/aromatic N) is 1. The molecule has 0 aromatic heterocycles. The van der Waals surface area contributed by atoms with E-state index in [0.717, 1.165) is 4.47 Å². The van der Waals surface area contributed by atoms with E-state index < -0.39 is 47.8 Å². The van der Waals surface area contributed by atoms with Gasteiger partial charge in [-0.25, -0.2) is 13.2 Å². The molecule has 1 aliphatic heterocycles. The highest BCUT2D eigenvalue weighted by Gasteiger charge is 2.44. The monoisotopic (exact) mass is 489 g/mol. The third-order valence-corrected chi connectivity index (χ3v) is 5.87. The summed E-state index contributed by atoms with van der Waals surface area (Å²) in [4.78, 5) is 26.8. The van der Waals surface area contributed by atoms with Crippen LogP contribution >= 0.6 is 15.9 Å². The lowest BCUT2D eigenvalue weighted by Crippen LogP contribution is -2.44. The smallest absolute Gasteiger partial charge is 0.313 e. The number of fused-ring (bicyclic) bond motifs is 1. The zero-order valence-electron chi connectivity index (χ0n) is 15.9. The summed E-state index contributed by atoms with van der Waals surface area (Å²) in [6, 6.07) is 13.2. The van der Waals surface area contributed by atoms with Crippen molar-refractivity contribution in [2.75, 3.05) is 0 Å². The summed E-state index contributed by atoms with van der Waals surface area (Å²) in [5, 5.41) is 10.0. The molecule has 2 unspecified atom stereocenters. The van der Waals surface area contributed by atoms with Crippen molar-refractivity contribution in [2.45, 2.75) is 18.5 Å². The number of benzene rings is 3. The Kier molecular flexibility index (Phi) is 5.58. The van der Waals surface area contributed by atoms with Crippen LogP contribution in [0.4, 0.5) is 13.2 Å². The summed E-state index contributed by atoms with van der Waals surface area (Å²) in [5.74, 6) is -6.44. The summed E-state index contributed by atoms with van der Waals surface area (Å²) in [6.07, 6.45) is 0. The topological polar surface area (TPSA) is 57.6 Å². The molecule has 4 rings (SSSR count). The first-order chi connectivity index (χ1) is 14.8. The van der Waals surface area contributed by atoms with E-state index in [2.05, 4.69) is 15.9 Å². The first-order valence-corrected chi connectivity index (χ1v) is 10.1. The van der Waals surface area contributed by atoms with Crippen molar-refractivity contribution in [3.8, 4) is 0 Å². The minimum absolute atomic E-state index is 0.172. The number of halogens is 4. The van der Waals surface area contributed by atoms with Crippen LogP contribution in [0, 0.1) is 17.5 Å². The number of aliphatic carboxylic acids is 1. The molecule has 8 heteroatoms. The number of rotatable bonds is 4. The maximum Gasteiger partial charge on any atom is 0.313 e. The van der Waals surface area contributed by atoms with Gasteiger partial charge in [0, 0.05) is 28.2 Å². The van der Waals surface area contributed by atoms with Gasteiger partial charge in [0.2, 0.25) is 0 Å². The van der Waals surface area contributed by atoms with Gasteiger partial charge in [-0.3, -0.25) is 9.59 Å². The first kappa shape index (κ1) is 21.1. The second-order valence-corrected chi connectivity index (χ2v) is 8.11. The molecule has 31 heavy (non-hydrogen) atoms. The van der Waals surface area contributed by atoms with Crippen LogP contribution in [0.25, 0.3) is 0 Å². The Bertz CT molecular complexity index is 1180. The van der Waals surface area contributed by atoms with E-state index in [1.54, 1.807) is 42.5 Å². The lowest BCUT2D eigenvalue weighted by molar-refractivity contribution is -0.140. The fourth-order valence-electron chi connectivity index (χ4n) is 3.93. The van der Waals surface area contributed by atoms with Crippen LogP contribution in [0.1, 0.15) is 39.0 Å². The molecule has 0 bridgehead atoms. The average molecular weight is 490 g/mol. The van der Waals surface area contributed by atoms with Gasteiger partial charge in [-0.1, -0.05) is 46.3 Å². The van der Waals surface area contributed by atoms with Crippen molar-refractivity contribution in [3.05, 3.63) is 105 Å². The highest BCUT2D eigenvalue weighted by atomic mass is 79.9. The van der Waals surface area contributed by atoms with Gasteiger partial charge in [-0.15, -0.1) is 0 Å². The molecule has 1 N–H and O–H groups in total. The van der Waals surface area contributed by atoms with Gasteiger partial charge in [-0.05, 0) is 35.4 Å². The Morgan fingerprint density at radius 1 is 0.968 bits per heavy atom. The van der Waals surface area contributed by atoms with Gasteiger partial charge >= 0.3 is 5.97 Å². The van der Waals surface area contributed by atoms with Crippen LogP contribution in [-0.4, -0.2) is 21.9 Å². The molecule has 1 heterocycles. The number of amides is 1. The van der Waals surface area contributed by atoms with E-state index >= 15 is 0 Å². The zero-order valence-corrected chi connectivity index (χ0v) is 17.4. The molecule has 2 atom stereocenters. The molecule has 0 saturated heterocycles. The van der Waals surface area contributed by atoms with Gasteiger partial charge in [0.25, 0.3) is 5.91 Å². The molecule has 1 amide bonds. The van der Waals surface area contributed by atoms with E-state index in [9.17, 15) is 27.9 Å². The Morgan fingerprint density at radius 2 is 1.61 bits per heavy atom. The second-order valence-electron chi connectivity index (χ2n) is 7.19. The first-order valence-electron chi connectivity index (χ1n) is 9.29. The fraction of sp³-hybridized carbons (Fsp3) is 0.130. The fourth-order valence-corrected chi connectivity index (χ4v) is 4.20. The predicted octanol–water partition coefficient (Wildman–Crippen LogP) is 5.43. The molecule has 0 radical (unpaired) electrons. The summed E-state index contributed by atoms with van der Waals surface area (Å²) in [7, 11) is 0. The van der Waals surface area contributed by atoms with Crippen LogP contribution in [0.2, 0.25) is 0 Å². The molecular weight excluding hydrogens is 475 g/mol. The van der Waals surface area contributed by atoms with Crippen molar-refractivity contribution in [2.24, 2.45) is 0 Å². The quantitative estimate of drug-likeness (QED) is 0.497. The molecule has 0 aliphatic carbocycles. The minimum atomic E-state index is -1.34. The Labute approximate surface area is 184 Å². The van der Waals surface area contributed by atoms with Crippen LogP contribution in [0.5, 0.6) is 0 Å². The van der Waals surface area contributed by atoms with Crippen LogP contribution < -0.4 is 0 Å². The van der Waals surface area contributed by atoms with Crippen molar-refractivity contribution in [1.82, 2.24) is 4.90 Å². The normalized spacial score (nSPS) is 18.1. The number of hydrogen-bond acceptors (Lipinski definition) is 2. The van der Waals surface area contributed by atoms with E-state index in [0.29, 0.717) is 23.3 Å². The molecule has 4 nitrogen and oxygen atoms in total. The largest absolute Gasteiger partial charge is 0.481 e. The van der Waals surface area contributed by atoms with Crippen LogP contribution in [0.15, 0.2) is 65.1 Å². The summed E-state index contributed by atoms with van der Waals surface area (Å²) >= 11 is 3.32. The van der Waals surface area contributed by atoms with Crippen LogP contribution in [0.3, 0.4) is 0 Å². The highest BCUT2D eigenvalue weighted by molar-refractivity contribution is 9.10. The summed E-state index contributed by atoms with van der Waals surface area (Å²) < 4.78 is 42.3. The van der Waals surface area contributed by atoms with Crippen molar-refractivity contribution >= 4 is 27.8 Å². The number of hydrogen-bond donors (Lipinski definition) is 1. The SMILES string of the molecule is O=C(O)C1c2ccccc2C(=O)N(Cc2cc(F)c(F)cc2F)C1c1ccc(Br)cc1. The van der Waals surface area contributed by atoms with Gasteiger partial charge in [0.15, 0.2) is 11.6 Å². The number of carbonyl (C=O) groups is 2. The molecule has 158 valence electrons. The highest BCUT2D eigenvalue weighted by Crippen LogP contribution is 2.44. The lowest BCUT2D eigenvalue weighted by Gasteiger charge is -2.41. The second kappa shape index (κ2) is 8.19. The lowest BCUT2D eigenvalue weighted by atomic mass is 9.79. The van der Waals surface area contributed by atoms with E-state index in [-0.39, 0.29) is 11.1 Å². The molecular formula is C23H15BrF3NO3. The molecule has 3 aromatic carbocycles. The van der Waals surface area contributed by atoms with E-state index in [1.165, 1.54) is 11.0 Å². The Balaban J connectivity index is 1.89. The number of carbonyl (C=O) groups excluding carboxylic acids is 1. The van der Waals surface area contributed by atoms with E-state index in [1.807, 2.05) is 0 Å². The minimum Gasteiger partial charge on any atom is -0.481 e.